The molecule has 2 aromatic rings. The molecule has 86 valence electrons. The lowest BCUT2D eigenvalue weighted by Crippen LogP contribution is -2.26. The second-order valence-electron chi connectivity index (χ2n) is 2.96. The number of hydrogen-bond donors (Lipinski definition) is 0. The largest absolute Gasteiger partial charge is 0.743 e. The van der Waals surface area contributed by atoms with Crippen LogP contribution in [0.5, 0.6) is 0 Å². The summed E-state index contributed by atoms with van der Waals surface area (Å²) < 4.78 is 61.6. The highest BCUT2D eigenvalue weighted by Gasteiger charge is 2.45. The molecule has 0 amide bonds. The van der Waals surface area contributed by atoms with Crippen molar-refractivity contribution in [2.45, 2.75) is 5.25 Å². The standard InChI is InChI=1S/C8H5F2NO4S/c9-8(10,16(12,13)14)7-11-5-3-1-2-4-6(5)15-7/h1-4H,(H,12,13,14)/p-1. The van der Waals surface area contributed by atoms with Gasteiger partial charge in [-0.3, -0.25) is 0 Å². The molecule has 0 bridgehead atoms. The third-order valence-corrected chi connectivity index (χ3v) is 2.66. The lowest BCUT2D eigenvalue weighted by Gasteiger charge is -2.15. The number of rotatable bonds is 2. The third kappa shape index (κ3) is 1.55. The van der Waals surface area contributed by atoms with Crippen molar-refractivity contribution in [1.29, 1.82) is 0 Å². The fourth-order valence-electron chi connectivity index (χ4n) is 1.10. The molecule has 1 aromatic heterocycles. The van der Waals surface area contributed by atoms with Gasteiger partial charge in [-0.05, 0) is 12.1 Å². The van der Waals surface area contributed by atoms with Crippen molar-refractivity contribution in [2.24, 2.45) is 0 Å². The third-order valence-electron chi connectivity index (χ3n) is 1.86. The van der Waals surface area contributed by atoms with Gasteiger partial charge in [-0.25, -0.2) is 13.4 Å². The molecule has 0 aliphatic carbocycles. The number of oxazole rings is 1. The van der Waals surface area contributed by atoms with Gasteiger partial charge in [0.05, 0.1) is 0 Å². The Hall–Kier alpha value is -1.54. The van der Waals surface area contributed by atoms with Crippen molar-refractivity contribution in [3.63, 3.8) is 0 Å². The van der Waals surface area contributed by atoms with Crippen LogP contribution in [-0.2, 0) is 15.4 Å². The summed E-state index contributed by atoms with van der Waals surface area (Å²) in [5.41, 5.74) is 0.0432. The highest BCUT2D eigenvalue weighted by Crippen LogP contribution is 2.34. The van der Waals surface area contributed by atoms with Crippen molar-refractivity contribution in [1.82, 2.24) is 4.98 Å². The average Bonchev–Trinajstić information content (AvgIpc) is 2.59. The lowest BCUT2D eigenvalue weighted by molar-refractivity contribution is 0.0494. The molecule has 0 unspecified atom stereocenters. The van der Waals surface area contributed by atoms with Crippen LogP contribution >= 0.6 is 0 Å². The highest BCUT2D eigenvalue weighted by atomic mass is 32.2. The van der Waals surface area contributed by atoms with Crippen LogP contribution in [0.2, 0.25) is 0 Å². The predicted octanol–water partition coefficient (Wildman–Crippen LogP) is 1.42. The Labute approximate surface area is 88.5 Å². The minimum Gasteiger partial charge on any atom is -0.743 e. The fourth-order valence-corrected chi connectivity index (χ4v) is 1.40. The van der Waals surface area contributed by atoms with Crippen LogP contribution in [0.15, 0.2) is 28.7 Å². The van der Waals surface area contributed by atoms with Gasteiger partial charge < -0.3 is 8.97 Å². The molecule has 2 rings (SSSR count). The van der Waals surface area contributed by atoms with Gasteiger partial charge in [-0.2, -0.15) is 8.78 Å². The van der Waals surface area contributed by atoms with E-state index in [0.29, 0.717) is 0 Å². The van der Waals surface area contributed by atoms with Crippen LogP contribution in [0.1, 0.15) is 5.89 Å². The lowest BCUT2D eigenvalue weighted by atomic mass is 10.3. The van der Waals surface area contributed by atoms with Gasteiger partial charge in [0.15, 0.2) is 15.7 Å². The first-order valence-electron chi connectivity index (χ1n) is 4.01. The molecule has 0 fully saturated rings. The summed E-state index contributed by atoms with van der Waals surface area (Å²) in [6.07, 6.45) is 0. The molecular formula is C8H4F2NO4S-. The van der Waals surface area contributed by atoms with E-state index in [1.54, 1.807) is 0 Å². The summed E-state index contributed by atoms with van der Waals surface area (Å²) in [4.78, 5) is 3.26. The molecule has 0 spiro atoms. The Kier molecular flexibility index (Phi) is 2.21. The molecule has 8 heteroatoms. The van der Waals surface area contributed by atoms with E-state index in [1.165, 1.54) is 24.3 Å². The van der Waals surface area contributed by atoms with Crippen LogP contribution in [0.4, 0.5) is 8.78 Å². The van der Waals surface area contributed by atoms with E-state index in [2.05, 4.69) is 9.40 Å². The van der Waals surface area contributed by atoms with Crippen LogP contribution in [-0.4, -0.2) is 18.0 Å². The van der Waals surface area contributed by atoms with E-state index in [4.69, 9.17) is 0 Å². The number of benzene rings is 1. The SMILES string of the molecule is O=S(=O)([O-])C(F)(F)c1nc2ccccc2o1. The fraction of sp³-hybridized carbons (Fsp3) is 0.125. The summed E-state index contributed by atoms with van der Waals surface area (Å²) in [6, 6.07) is 5.70. The van der Waals surface area contributed by atoms with E-state index in [0.717, 1.165) is 0 Å². The summed E-state index contributed by atoms with van der Waals surface area (Å²) >= 11 is 0. The summed E-state index contributed by atoms with van der Waals surface area (Å²) in [5.74, 6) is -1.41. The highest BCUT2D eigenvalue weighted by molar-refractivity contribution is 7.86. The average molecular weight is 248 g/mol. The Morgan fingerprint density at radius 3 is 2.50 bits per heavy atom. The molecule has 0 aliphatic rings. The smallest absolute Gasteiger partial charge is 0.408 e. The van der Waals surface area contributed by atoms with Gasteiger partial charge in [0, 0.05) is 0 Å². The summed E-state index contributed by atoms with van der Waals surface area (Å²) in [7, 11) is -5.84. The van der Waals surface area contributed by atoms with Crippen molar-refractivity contribution in [3.05, 3.63) is 30.2 Å². The first-order chi connectivity index (χ1) is 7.32. The van der Waals surface area contributed by atoms with Crippen molar-refractivity contribution < 1.29 is 26.2 Å². The Balaban J connectivity index is 2.65. The zero-order chi connectivity index (χ0) is 12.0. The quantitative estimate of drug-likeness (QED) is 0.750. The zero-order valence-electron chi connectivity index (χ0n) is 7.55. The molecule has 16 heavy (non-hydrogen) atoms. The monoisotopic (exact) mass is 248 g/mol. The number of fused-ring (bicyclic) bond motifs is 1. The van der Waals surface area contributed by atoms with Crippen molar-refractivity contribution in [3.8, 4) is 0 Å². The Morgan fingerprint density at radius 1 is 1.31 bits per heavy atom. The van der Waals surface area contributed by atoms with E-state index < -0.39 is 21.3 Å². The number of hydrogen-bond acceptors (Lipinski definition) is 5. The number of alkyl halides is 2. The van der Waals surface area contributed by atoms with Crippen LogP contribution in [0.25, 0.3) is 11.1 Å². The van der Waals surface area contributed by atoms with Crippen LogP contribution < -0.4 is 0 Å². The topological polar surface area (TPSA) is 83.2 Å². The minimum atomic E-state index is -5.84. The van der Waals surface area contributed by atoms with E-state index >= 15 is 0 Å². The molecule has 0 atom stereocenters. The van der Waals surface area contributed by atoms with Gasteiger partial charge >= 0.3 is 5.25 Å². The summed E-state index contributed by atoms with van der Waals surface area (Å²) in [5, 5.41) is -4.66. The molecule has 0 saturated carbocycles. The maximum absolute atomic E-state index is 13.0. The molecule has 5 nitrogen and oxygen atoms in total. The zero-order valence-corrected chi connectivity index (χ0v) is 8.37. The number of halogens is 2. The number of para-hydroxylation sites is 2. The predicted molar refractivity (Wildman–Crippen MR) is 47.6 cm³/mol. The first kappa shape index (κ1) is 11.0. The van der Waals surface area contributed by atoms with Gasteiger partial charge in [-0.1, -0.05) is 12.1 Å². The molecule has 1 aromatic carbocycles. The minimum absolute atomic E-state index is 0.0131. The number of aromatic nitrogens is 1. The maximum atomic E-state index is 13.0. The Bertz CT molecular complexity index is 601. The Morgan fingerprint density at radius 2 is 1.94 bits per heavy atom. The summed E-state index contributed by atoms with van der Waals surface area (Å²) in [6.45, 7) is 0. The van der Waals surface area contributed by atoms with Gasteiger partial charge in [0.2, 0.25) is 0 Å². The van der Waals surface area contributed by atoms with Crippen LogP contribution in [0.3, 0.4) is 0 Å². The molecular weight excluding hydrogens is 244 g/mol. The second kappa shape index (κ2) is 3.22. The molecule has 1 heterocycles. The number of nitrogens with zero attached hydrogens (tertiary/aromatic N) is 1. The molecule has 0 radical (unpaired) electrons. The van der Waals surface area contributed by atoms with Crippen LogP contribution in [0, 0.1) is 0 Å². The van der Waals surface area contributed by atoms with Crippen molar-refractivity contribution in [2.75, 3.05) is 0 Å². The van der Waals surface area contributed by atoms with Crippen molar-refractivity contribution >= 4 is 21.2 Å². The van der Waals surface area contributed by atoms with Gasteiger partial charge in [0.25, 0.3) is 5.89 Å². The van der Waals surface area contributed by atoms with Gasteiger partial charge in [0.1, 0.15) is 5.52 Å². The van der Waals surface area contributed by atoms with E-state index in [1.807, 2.05) is 0 Å². The first-order valence-corrected chi connectivity index (χ1v) is 5.42. The molecule has 0 saturated heterocycles. The molecule has 0 aliphatic heterocycles. The van der Waals surface area contributed by atoms with E-state index in [9.17, 15) is 21.8 Å². The van der Waals surface area contributed by atoms with E-state index in [-0.39, 0.29) is 11.1 Å². The molecule has 0 N–H and O–H groups in total. The maximum Gasteiger partial charge on any atom is 0.408 e. The second-order valence-corrected chi connectivity index (χ2v) is 4.38. The van der Waals surface area contributed by atoms with Gasteiger partial charge in [-0.15, -0.1) is 0 Å². The normalized spacial score (nSPS) is 13.2.